The lowest BCUT2D eigenvalue weighted by Gasteiger charge is -2.03. The van der Waals surface area contributed by atoms with Crippen molar-refractivity contribution in [3.8, 4) is 10.8 Å². The number of hydrogen-bond donors (Lipinski definition) is 0. The lowest BCUT2D eigenvalue weighted by atomic mass is 10.4. The van der Waals surface area contributed by atoms with Gasteiger partial charge in [-0.2, -0.15) is 0 Å². The molecule has 3 aromatic heterocycles. The van der Waals surface area contributed by atoms with Gasteiger partial charge in [-0.1, -0.05) is 6.07 Å². The van der Waals surface area contributed by atoms with Crippen molar-refractivity contribution in [2.24, 2.45) is 7.05 Å². The number of carbonyl (C=O) groups excluding carboxylic acids is 1. The first-order valence-electron chi connectivity index (χ1n) is 6.93. The van der Waals surface area contributed by atoms with E-state index in [-0.39, 0.29) is 18.0 Å². The maximum atomic E-state index is 12.1. The molecule has 0 aromatic carbocycles. The monoisotopic (exact) mass is 347 g/mol. The number of nitro groups is 1. The van der Waals surface area contributed by atoms with Gasteiger partial charge in [-0.25, -0.2) is 9.78 Å². The van der Waals surface area contributed by atoms with Crippen LogP contribution in [0.15, 0.2) is 34.2 Å². The summed E-state index contributed by atoms with van der Waals surface area (Å²) < 4.78 is 12.1. The highest BCUT2D eigenvalue weighted by atomic mass is 32.1. The predicted octanol–water partition coefficient (Wildman–Crippen LogP) is 3.32. The number of carbonyl (C=O) groups is 1. The molecule has 0 aliphatic rings. The van der Waals surface area contributed by atoms with Gasteiger partial charge in [0.1, 0.15) is 23.8 Å². The SMILES string of the molecule is Cc1oc(-c2cccs2)nc1COC(=O)c1cc([N+](=O)[O-])cn1C. The van der Waals surface area contributed by atoms with Gasteiger partial charge in [-0.15, -0.1) is 11.3 Å². The summed E-state index contributed by atoms with van der Waals surface area (Å²) in [6.07, 6.45) is 1.26. The average molecular weight is 347 g/mol. The zero-order valence-electron chi connectivity index (χ0n) is 12.9. The zero-order valence-corrected chi connectivity index (χ0v) is 13.7. The summed E-state index contributed by atoms with van der Waals surface area (Å²) in [4.78, 5) is 27.5. The Labute approximate surface area is 140 Å². The Morgan fingerprint density at radius 1 is 1.54 bits per heavy atom. The van der Waals surface area contributed by atoms with E-state index in [2.05, 4.69) is 4.98 Å². The molecule has 3 heterocycles. The number of nitrogens with zero attached hydrogens (tertiary/aromatic N) is 3. The van der Waals surface area contributed by atoms with Crippen LogP contribution in [0.2, 0.25) is 0 Å². The van der Waals surface area contributed by atoms with Crippen LogP contribution in [0.3, 0.4) is 0 Å². The summed E-state index contributed by atoms with van der Waals surface area (Å²) in [5.41, 5.74) is 0.443. The number of ether oxygens (including phenoxy) is 1. The first-order valence-corrected chi connectivity index (χ1v) is 7.81. The number of oxazole rings is 1. The molecule has 0 saturated heterocycles. The van der Waals surface area contributed by atoms with Gasteiger partial charge < -0.3 is 13.7 Å². The molecule has 0 spiro atoms. The standard InChI is InChI=1S/C15H13N3O5S/c1-9-11(16-14(23-9)13-4-3-5-24-13)8-22-15(19)12-6-10(18(20)21)7-17(12)2/h3-7H,8H2,1-2H3. The Balaban J connectivity index is 1.72. The van der Waals surface area contributed by atoms with E-state index in [1.807, 2.05) is 17.5 Å². The molecule has 0 fully saturated rings. The van der Waals surface area contributed by atoms with Crippen molar-refractivity contribution in [2.45, 2.75) is 13.5 Å². The van der Waals surface area contributed by atoms with Crippen LogP contribution < -0.4 is 0 Å². The minimum absolute atomic E-state index is 0.0709. The summed E-state index contributed by atoms with van der Waals surface area (Å²) >= 11 is 1.50. The van der Waals surface area contributed by atoms with Gasteiger partial charge >= 0.3 is 5.97 Å². The highest BCUT2D eigenvalue weighted by Gasteiger charge is 2.20. The Kier molecular flexibility index (Phi) is 4.17. The fourth-order valence-corrected chi connectivity index (χ4v) is 2.77. The van der Waals surface area contributed by atoms with Gasteiger partial charge in [0.15, 0.2) is 0 Å². The van der Waals surface area contributed by atoms with Crippen LogP contribution in [-0.2, 0) is 18.4 Å². The normalized spacial score (nSPS) is 10.8. The predicted molar refractivity (Wildman–Crippen MR) is 85.7 cm³/mol. The molecule has 0 amide bonds. The summed E-state index contributed by atoms with van der Waals surface area (Å²) in [5.74, 6) is 0.373. The van der Waals surface area contributed by atoms with E-state index in [1.165, 1.54) is 28.2 Å². The largest absolute Gasteiger partial charge is 0.454 e. The van der Waals surface area contributed by atoms with Gasteiger partial charge in [-0.05, 0) is 18.4 Å². The lowest BCUT2D eigenvalue weighted by Crippen LogP contribution is -2.10. The van der Waals surface area contributed by atoms with Crippen molar-refractivity contribution in [3.63, 3.8) is 0 Å². The first-order chi connectivity index (χ1) is 11.5. The van der Waals surface area contributed by atoms with Crippen LogP contribution >= 0.6 is 11.3 Å². The summed E-state index contributed by atoms with van der Waals surface area (Å²) in [6.45, 7) is 1.67. The molecule has 0 atom stereocenters. The van der Waals surface area contributed by atoms with E-state index in [0.717, 1.165) is 4.88 Å². The first kappa shape index (κ1) is 15.9. The average Bonchev–Trinajstić information content (AvgIpc) is 3.24. The third-order valence-corrected chi connectivity index (χ3v) is 4.23. The maximum absolute atomic E-state index is 12.1. The second-order valence-corrected chi connectivity index (χ2v) is 5.97. The number of rotatable bonds is 5. The van der Waals surface area contributed by atoms with E-state index >= 15 is 0 Å². The van der Waals surface area contributed by atoms with Gasteiger partial charge in [0.2, 0.25) is 5.89 Å². The number of aromatic nitrogens is 2. The number of aryl methyl sites for hydroxylation is 2. The zero-order chi connectivity index (χ0) is 17.3. The Hall–Kier alpha value is -2.94. The van der Waals surface area contributed by atoms with E-state index in [1.54, 1.807) is 14.0 Å². The lowest BCUT2D eigenvalue weighted by molar-refractivity contribution is -0.384. The summed E-state index contributed by atoms with van der Waals surface area (Å²) in [7, 11) is 1.54. The molecule has 0 aliphatic carbocycles. The molecule has 3 rings (SSSR count). The number of esters is 1. The van der Waals surface area contributed by atoms with E-state index in [4.69, 9.17) is 9.15 Å². The second kappa shape index (κ2) is 6.28. The molecular formula is C15H13N3O5S. The molecule has 124 valence electrons. The molecule has 0 unspecified atom stereocenters. The van der Waals surface area contributed by atoms with Gasteiger partial charge in [0, 0.05) is 13.1 Å². The topological polar surface area (TPSA) is 100 Å². The van der Waals surface area contributed by atoms with Crippen LogP contribution in [0.4, 0.5) is 5.69 Å². The van der Waals surface area contributed by atoms with Crippen molar-refractivity contribution in [1.29, 1.82) is 0 Å². The molecular weight excluding hydrogens is 334 g/mol. The summed E-state index contributed by atoms with van der Waals surface area (Å²) in [6, 6.07) is 4.95. The smallest absolute Gasteiger partial charge is 0.355 e. The van der Waals surface area contributed by atoms with E-state index < -0.39 is 10.9 Å². The molecule has 0 aliphatic heterocycles. The molecule has 8 nitrogen and oxygen atoms in total. The van der Waals surface area contributed by atoms with Crippen molar-refractivity contribution >= 4 is 23.0 Å². The van der Waals surface area contributed by atoms with Crippen LogP contribution in [0, 0.1) is 17.0 Å². The van der Waals surface area contributed by atoms with Crippen molar-refractivity contribution in [2.75, 3.05) is 0 Å². The van der Waals surface area contributed by atoms with E-state index in [0.29, 0.717) is 17.3 Å². The quantitative estimate of drug-likeness (QED) is 0.399. The Bertz CT molecular complexity index is 895. The molecule has 0 saturated carbocycles. The van der Waals surface area contributed by atoms with Gasteiger partial charge in [0.05, 0.1) is 16.0 Å². The Morgan fingerprint density at radius 2 is 2.33 bits per heavy atom. The van der Waals surface area contributed by atoms with Crippen molar-refractivity contribution in [1.82, 2.24) is 9.55 Å². The van der Waals surface area contributed by atoms with Crippen LogP contribution in [0.25, 0.3) is 10.8 Å². The Morgan fingerprint density at radius 3 is 2.96 bits per heavy atom. The van der Waals surface area contributed by atoms with Crippen LogP contribution in [0.1, 0.15) is 21.9 Å². The summed E-state index contributed by atoms with van der Waals surface area (Å²) in [5, 5.41) is 12.7. The van der Waals surface area contributed by atoms with Gasteiger partial charge in [-0.3, -0.25) is 10.1 Å². The third kappa shape index (κ3) is 3.06. The fraction of sp³-hybridized carbons (Fsp3) is 0.200. The van der Waals surface area contributed by atoms with Gasteiger partial charge in [0.25, 0.3) is 5.69 Å². The number of hydrogen-bond acceptors (Lipinski definition) is 7. The molecule has 3 aromatic rings. The molecule has 0 radical (unpaired) electrons. The highest BCUT2D eigenvalue weighted by Crippen LogP contribution is 2.26. The molecule has 9 heteroatoms. The molecule has 0 N–H and O–H groups in total. The minimum atomic E-state index is -0.661. The second-order valence-electron chi connectivity index (χ2n) is 5.03. The molecule has 0 bridgehead atoms. The maximum Gasteiger partial charge on any atom is 0.355 e. The van der Waals surface area contributed by atoms with Crippen molar-refractivity contribution < 1.29 is 18.9 Å². The third-order valence-electron chi connectivity index (χ3n) is 3.38. The highest BCUT2D eigenvalue weighted by molar-refractivity contribution is 7.13. The van der Waals surface area contributed by atoms with E-state index in [9.17, 15) is 14.9 Å². The van der Waals surface area contributed by atoms with Crippen LogP contribution in [0.5, 0.6) is 0 Å². The molecule has 24 heavy (non-hydrogen) atoms. The minimum Gasteiger partial charge on any atom is -0.454 e. The fourth-order valence-electron chi connectivity index (χ4n) is 2.13. The van der Waals surface area contributed by atoms with Crippen molar-refractivity contribution in [3.05, 3.63) is 57.0 Å². The van der Waals surface area contributed by atoms with Crippen LogP contribution in [-0.4, -0.2) is 20.4 Å². The number of thiophene rings is 1.